The van der Waals surface area contributed by atoms with Crippen LogP contribution in [0, 0.1) is 5.82 Å². The average molecular weight is 269 g/mol. The van der Waals surface area contributed by atoms with Crippen molar-refractivity contribution in [1.29, 1.82) is 0 Å². The van der Waals surface area contributed by atoms with E-state index >= 15 is 0 Å². The third-order valence-electron chi connectivity index (χ3n) is 3.21. The smallest absolute Gasteiger partial charge is 0.257 e. The molecular formula is C12H16FN3OS. The maximum atomic E-state index is 13.7. The Morgan fingerprint density at radius 2 is 2.22 bits per heavy atom. The van der Waals surface area contributed by atoms with Gasteiger partial charge >= 0.3 is 0 Å². The molecule has 0 aliphatic carbocycles. The molecule has 1 fully saturated rings. The normalized spacial score (nSPS) is 16.9. The van der Waals surface area contributed by atoms with Crippen molar-refractivity contribution in [2.24, 2.45) is 0 Å². The first-order chi connectivity index (χ1) is 8.63. The van der Waals surface area contributed by atoms with Crippen LogP contribution in [-0.4, -0.2) is 40.4 Å². The minimum absolute atomic E-state index is 0.0186. The molecule has 0 saturated carbocycles. The fourth-order valence-corrected chi connectivity index (χ4v) is 2.77. The van der Waals surface area contributed by atoms with E-state index in [1.54, 1.807) is 4.90 Å². The fourth-order valence-electron chi connectivity index (χ4n) is 2.09. The van der Waals surface area contributed by atoms with Crippen molar-refractivity contribution >= 4 is 23.5 Å². The van der Waals surface area contributed by atoms with Crippen LogP contribution in [-0.2, 0) is 0 Å². The number of nitrogens with zero attached hydrogens (tertiary/aromatic N) is 2. The minimum Gasteiger partial charge on any atom is -0.381 e. The largest absolute Gasteiger partial charge is 0.381 e. The number of pyridine rings is 1. The summed E-state index contributed by atoms with van der Waals surface area (Å²) in [5.74, 6) is -1.23. The Labute approximate surface area is 110 Å². The Morgan fingerprint density at radius 3 is 2.83 bits per heavy atom. The number of hydrogen-bond donors (Lipinski definition) is 1. The summed E-state index contributed by atoms with van der Waals surface area (Å²) >= 11 is 1.82. The van der Waals surface area contributed by atoms with E-state index in [2.05, 4.69) is 11.2 Å². The van der Waals surface area contributed by atoms with Crippen LogP contribution in [0.4, 0.5) is 10.2 Å². The number of carbonyl (C=O) groups is 1. The highest BCUT2D eigenvalue weighted by Gasteiger charge is 2.25. The molecule has 0 radical (unpaired) electrons. The van der Waals surface area contributed by atoms with Gasteiger partial charge in [0.2, 0.25) is 0 Å². The first-order valence-electron chi connectivity index (χ1n) is 5.85. The fraction of sp³-hybridized carbons (Fsp3) is 0.500. The molecule has 1 amide bonds. The summed E-state index contributed by atoms with van der Waals surface area (Å²) in [6.07, 6.45) is 5.34. The quantitative estimate of drug-likeness (QED) is 0.889. The number of nitrogen functional groups attached to an aromatic ring is 1. The predicted octanol–water partition coefficient (Wildman–Crippen LogP) is 1.77. The van der Waals surface area contributed by atoms with E-state index in [-0.39, 0.29) is 17.3 Å². The molecule has 0 spiro atoms. The number of anilines is 1. The Bertz CT molecular complexity index is 447. The zero-order chi connectivity index (χ0) is 13.1. The molecule has 2 N–H and O–H groups in total. The Kier molecular flexibility index (Phi) is 4.06. The number of piperidine rings is 1. The van der Waals surface area contributed by atoms with Crippen LogP contribution in [0.2, 0.25) is 0 Å². The standard InChI is InChI=1S/C12H16FN3OS/c1-18-8-3-6-16(7-4-8)12(17)9-2-5-15-11(14)10(9)13/h2,5,8H,3-4,6-7H2,1H3,(H2,14,15). The van der Waals surface area contributed by atoms with Crippen molar-refractivity contribution in [3.8, 4) is 0 Å². The van der Waals surface area contributed by atoms with Gasteiger partial charge in [-0.05, 0) is 25.2 Å². The number of carbonyl (C=O) groups excluding carboxylic acids is 1. The van der Waals surface area contributed by atoms with Gasteiger partial charge in [0.25, 0.3) is 5.91 Å². The summed E-state index contributed by atoms with van der Waals surface area (Å²) in [5, 5.41) is 0.599. The summed E-state index contributed by atoms with van der Waals surface area (Å²) < 4.78 is 13.7. The summed E-state index contributed by atoms with van der Waals surface area (Å²) in [7, 11) is 0. The van der Waals surface area contributed by atoms with Crippen LogP contribution in [0.15, 0.2) is 12.3 Å². The van der Waals surface area contributed by atoms with Gasteiger partial charge in [0.05, 0.1) is 5.56 Å². The van der Waals surface area contributed by atoms with Crippen LogP contribution in [0.1, 0.15) is 23.2 Å². The zero-order valence-corrected chi connectivity index (χ0v) is 11.0. The number of aromatic nitrogens is 1. The van der Waals surface area contributed by atoms with Crippen molar-refractivity contribution in [3.63, 3.8) is 0 Å². The van der Waals surface area contributed by atoms with Crippen molar-refractivity contribution in [1.82, 2.24) is 9.88 Å². The molecule has 1 aliphatic heterocycles. The molecular weight excluding hydrogens is 253 g/mol. The van der Waals surface area contributed by atoms with E-state index in [1.165, 1.54) is 12.3 Å². The molecule has 0 unspecified atom stereocenters. The SMILES string of the molecule is CSC1CCN(C(=O)c2ccnc(N)c2F)CC1. The zero-order valence-electron chi connectivity index (χ0n) is 10.2. The van der Waals surface area contributed by atoms with Crippen molar-refractivity contribution in [2.75, 3.05) is 25.1 Å². The highest BCUT2D eigenvalue weighted by molar-refractivity contribution is 7.99. The number of nitrogens with two attached hydrogens (primary N) is 1. The molecule has 0 atom stereocenters. The molecule has 1 aromatic heterocycles. The monoisotopic (exact) mass is 269 g/mol. The van der Waals surface area contributed by atoms with Crippen LogP contribution in [0.5, 0.6) is 0 Å². The number of hydrogen-bond acceptors (Lipinski definition) is 4. The van der Waals surface area contributed by atoms with E-state index < -0.39 is 5.82 Å². The molecule has 2 heterocycles. The van der Waals surface area contributed by atoms with Gasteiger partial charge in [-0.15, -0.1) is 0 Å². The maximum absolute atomic E-state index is 13.7. The lowest BCUT2D eigenvalue weighted by Gasteiger charge is -2.31. The summed E-state index contributed by atoms with van der Waals surface area (Å²) in [5.41, 5.74) is 5.39. The molecule has 0 aromatic carbocycles. The van der Waals surface area contributed by atoms with Gasteiger partial charge in [-0.3, -0.25) is 4.79 Å². The number of halogens is 1. The van der Waals surface area contributed by atoms with Gasteiger partial charge in [-0.1, -0.05) is 0 Å². The van der Waals surface area contributed by atoms with E-state index in [9.17, 15) is 9.18 Å². The Balaban J connectivity index is 2.10. The second-order valence-corrected chi connectivity index (χ2v) is 5.42. The second kappa shape index (κ2) is 5.56. The van der Waals surface area contributed by atoms with Gasteiger partial charge in [0.1, 0.15) is 0 Å². The Hall–Kier alpha value is -1.30. The van der Waals surface area contributed by atoms with Gasteiger partial charge in [0.15, 0.2) is 11.6 Å². The van der Waals surface area contributed by atoms with Crippen LogP contribution in [0.3, 0.4) is 0 Å². The number of thioether (sulfide) groups is 1. The third-order valence-corrected chi connectivity index (χ3v) is 4.35. The van der Waals surface area contributed by atoms with Crippen molar-refractivity contribution in [3.05, 3.63) is 23.6 Å². The lowest BCUT2D eigenvalue weighted by atomic mass is 10.1. The summed E-state index contributed by atoms with van der Waals surface area (Å²) in [6.45, 7) is 1.35. The van der Waals surface area contributed by atoms with Gasteiger partial charge in [-0.2, -0.15) is 11.8 Å². The molecule has 2 rings (SSSR count). The highest BCUT2D eigenvalue weighted by atomic mass is 32.2. The maximum Gasteiger partial charge on any atom is 0.257 e. The second-order valence-electron chi connectivity index (χ2n) is 4.28. The molecule has 0 bridgehead atoms. The van der Waals surface area contributed by atoms with Crippen LogP contribution >= 0.6 is 11.8 Å². The lowest BCUT2D eigenvalue weighted by Crippen LogP contribution is -2.39. The van der Waals surface area contributed by atoms with Gasteiger partial charge in [-0.25, -0.2) is 9.37 Å². The molecule has 18 heavy (non-hydrogen) atoms. The first kappa shape index (κ1) is 13.1. The molecule has 4 nitrogen and oxygen atoms in total. The lowest BCUT2D eigenvalue weighted by molar-refractivity contribution is 0.0722. The number of likely N-dealkylation sites (tertiary alicyclic amines) is 1. The molecule has 1 saturated heterocycles. The third kappa shape index (κ3) is 2.58. The van der Waals surface area contributed by atoms with Gasteiger partial charge < -0.3 is 10.6 Å². The van der Waals surface area contributed by atoms with Crippen LogP contribution < -0.4 is 5.73 Å². The minimum atomic E-state index is -0.713. The van der Waals surface area contributed by atoms with Crippen molar-refractivity contribution < 1.29 is 9.18 Å². The average Bonchev–Trinajstić information content (AvgIpc) is 2.41. The van der Waals surface area contributed by atoms with Gasteiger partial charge in [0, 0.05) is 24.5 Å². The van der Waals surface area contributed by atoms with Crippen molar-refractivity contribution in [2.45, 2.75) is 18.1 Å². The Morgan fingerprint density at radius 1 is 1.56 bits per heavy atom. The number of rotatable bonds is 2. The van der Waals surface area contributed by atoms with E-state index in [1.807, 2.05) is 11.8 Å². The van der Waals surface area contributed by atoms with E-state index in [4.69, 9.17) is 5.73 Å². The predicted molar refractivity (Wildman–Crippen MR) is 71.0 cm³/mol. The first-order valence-corrected chi connectivity index (χ1v) is 7.14. The summed E-state index contributed by atoms with van der Waals surface area (Å²) in [4.78, 5) is 17.5. The molecule has 1 aromatic rings. The van der Waals surface area contributed by atoms with Crippen LogP contribution in [0.25, 0.3) is 0 Å². The summed E-state index contributed by atoms with van der Waals surface area (Å²) in [6, 6.07) is 1.38. The topological polar surface area (TPSA) is 59.2 Å². The van der Waals surface area contributed by atoms with E-state index in [0.29, 0.717) is 18.3 Å². The highest BCUT2D eigenvalue weighted by Crippen LogP contribution is 2.23. The molecule has 1 aliphatic rings. The number of amides is 1. The van der Waals surface area contributed by atoms with E-state index in [0.717, 1.165) is 12.8 Å². The molecule has 98 valence electrons. The molecule has 6 heteroatoms.